The molecule has 0 amide bonds. The molecule has 86 valence electrons. The van der Waals surface area contributed by atoms with Crippen molar-refractivity contribution < 1.29 is 8.42 Å². The molecule has 1 aromatic carbocycles. The molecule has 4 nitrogen and oxygen atoms in total. The third-order valence-electron chi connectivity index (χ3n) is 2.35. The van der Waals surface area contributed by atoms with Crippen LogP contribution in [-0.4, -0.2) is 15.0 Å². The number of terminal acetylenes is 1. The van der Waals surface area contributed by atoms with E-state index >= 15 is 0 Å². The van der Waals surface area contributed by atoms with E-state index in [4.69, 9.17) is 11.6 Å². The number of primary sulfonamides is 1. The molecular weight excluding hydrogens is 224 g/mol. The molecule has 0 atom stereocenters. The minimum Gasteiger partial charge on any atom is -0.374 e. The van der Waals surface area contributed by atoms with E-state index in [9.17, 15) is 8.42 Å². The van der Waals surface area contributed by atoms with E-state index in [1.165, 1.54) is 6.07 Å². The van der Waals surface area contributed by atoms with Crippen molar-refractivity contribution in [3.05, 3.63) is 23.3 Å². The Morgan fingerprint density at radius 2 is 2.06 bits per heavy atom. The first-order valence-electron chi connectivity index (χ1n) is 4.67. The molecule has 1 aromatic rings. The maximum atomic E-state index is 11.2. The van der Waals surface area contributed by atoms with Gasteiger partial charge in [-0.1, -0.05) is 5.92 Å². The Morgan fingerprint density at radius 1 is 1.44 bits per heavy atom. The van der Waals surface area contributed by atoms with Crippen LogP contribution in [0.25, 0.3) is 0 Å². The maximum Gasteiger partial charge on any atom is 0.238 e. The highest BCUT2D eigenvalue weighted by molar-refractivity contribution is 7.89. The number of nitrogens with one attached hydrogen (secondary N) is 1. The molecule has 0 spiro atoms. The van der Waals surface area contributed by atoms with Gasteiger partial charge in [-0.05, 0) is 37.1 Å². The van der Waals surface area contributed by atoms with Crippen molar-refractivity contribution in [2.75, 3.05) is 11.9 Å². The smallest absolute Gasteiger partial charge is 0.238 e. The lowest BCUT2D eigenvalue weighted by molar-refractivity contribution is 0.597. The van der Waals surface area contributed by atoms with Gasteiger partial charge in [0.25, 0.3) is 0 Å². The molecule has 0 aromatic heterocycles. The van der Waals surface area contributed by atoms with Gasteiger partial charge in [-0.2, -0.15) is 0 Å². The zero-order valence-electron chi connectivity index (χ0n) is 9.24. The quantitative estimate of drug-likeness (QED) is 0.771. The minimum absolute atomic E-state index is 0.0927. The molecule has 0 unspecified atom stereocenters. The summed E-state index contributed by atoms with van der Waals surface area (Å²) in [6.45, 7) is 4.06. The van der Waals surface area contributed by atoms with Gasteiger partial charge >= 0.3 is 0 Å². The summed E-state index contributed by atoms with van der Waals surface area (Å²) in [6, 6.07) is 3.04. The fourth-order valence-corrected chi connectivity index (χ4v) is 1.94. The van der Waals surface area contributed by atoms with E-state index in [1.807, 2.05) is 13.8 Å². The van der Waals surface area contributed by atoms with Gasteiger partial charge in [0.05, 0.1) is 11.4 Å². The molecule has 0 fully saturated rings. The van der Waals surface area contributed by atoms with Crippen LogP contribution in [0.5, 0.6) is 0 Å². The molecule has 3 N–H and O–H groups in total. The number of benzene rings is 1. The summed E-state index contributed by atoms with van der Waals surface area (Å²) in [5.41, 5.74) is 2.51. The predicted octanol–water partition coefficient (Wildman–Crippen LogP) is 0.996. The van der Waals surface area contributed by atoms with Gasteiger partial charge < -0.3 is 5.32 Å². The number of rotatable bonds is 3. The summed E-state index contributed by atoms with van der Waals surface area (Å²) in [7, 11) is -3.68. The van der Waals surface area contributed by atoms with Gasteiger partial charge in [-0.3, -0.25) is 0 Å². The van der Waals surface area contributed by atoms with Crippen molar-refractivity contribution in [3.63, 3.8) is 0 Å². The maximum absolute atomic E-state index is 11.2. The van der Waals surface area contributed by atoms with Gasteiger partial charge in [0.2, 0.25) is 10.0 Å². The monoisotopic (exact) mass is 238 g/mol. The van der Waals surface area contributed by atoms with Crippen LogP contribution in [0, 0.1) is 26.2 Å². The molecule has 5 heteroatoms. The van der Waals surface area contributed by atoms with Crippen LogP contribution in [0.2, 0.25) is 0 Å². The van der Waals surface area contributed by atoms with E-state index in [0.29, 0.717) is 12.2 Å². The summed E-state index contributed by atoms with van der Waals surface area (Å²) in [5.74, 6) is 2.43. The number of aryl methyl sites for hydroxylation is 1. The molecule has 0 aliphatic carbocycles. The van der Waals surface area contributed by atoms with Crippen LogP contribution in [0.3, 0.4) is 0 Å². The molecule has 1 rings (SSSR count). The van der Waals surface area contributed by atoms with Gasteiger partial charge in [0.15, 0.2) is 0 Å². The van der Waals surface area contributed by atoms with Crippen LogP contribution >= 0.6 is 0 Å². The average Bonchev–Trinajstić information content (AvgIpc) is 2.18. The molecule has 0 saturated heterocycles. The number of nitrogens with two attached hydrogens (primary N) is 1. The third kappa shape index (κ3) is 2.75. The lowest BCUT2D eigenvalue weighted by Crippen LogP contribution is -2.13. The predicted molar refractivity (Wildman–Crippen MR) is 64.6 cm³/mol. The largest absolute Gasteiger partial charge is 0.374 e. The Kier molecular flexibility index (Phi) is 3.58. The Bertz CT molecular complexity index is 542. The lowest BCUT2D eigenvalue weighted by Gasteiger charge is -2.11. The van der Waals surface area contributed by atoms with E-state index in [2.05, 4.69) is 11.2 Å². The minimum atomic E-state index is -3.68. The van der Waals surface area contributed by atoms with Gasteiger partial charge in [0, 0.05) is 5.69 Å². The van der Waals surface area contributed by atoms with E-state index in [1.54, 1.807) is 6.07 Å². The molecule has 0 radical (unpaired) electrons. The van der Waals surface area contributed by atoms with E-state index < -0.39 is 10.0 Å². The third-order valence-corrected chi connectivity index (χ3v) is 3.24. The topological polar surface area (TPSA) is 72.2 Å². The lowest BCUT2D eigenvalue weighted by atomic mass is 10.1. The summed E-state index contributed by atoms with van der Waals surface area (Å²) in [6.07, 6.45) is 5.13. The molecule has 0 heterocycles. The fourth-order valence-electron chi connectivity index (χ4n) is 1.32. The van der Waals surface area contributed by atoms with Gasteiger partial charge in [-0.15, -0.1) is 6.42 Å². The van der Waals surface area contributed by atoms with Crippen LogP contribution in [0.15, 0.2) is 17.0 Å². The Hall–Kier alpha value is -1.51. The first-order chi connectivity index (χ1) is 7.36. The summed E-state index contributed by atoms with van der Waals surface area (Å²) in [5, 5.41) is 8.04. The molecular formula is C11H14N2O2S. The van der Waals surface area contributed by atoms with E-state index in [0.717, 1.165) is 11.1 Å². The van der Waals surface area contributed by atoms with Crippen LogP contribution in [0.4, 0.5) is 5.69 Å². The van der Waals surface area contributed by atoms with Crippen LogP contribution in [0.1, 0.15) is 11.1 Å². The standard InChI is InChI=1S/C11H14N2O2S/c1-4-5-13-11-7-10(16(12,14)15)6-8(2)9(11)3/h1,6-7,13H,5H2,2-3H3,(H2,12,14,15). The molecule has 0 saturated carbocycles. The highest BCUT2D eigenvalue weighted by Crippen LogP contribution is 2.23. The van der Waals surface area contributed by atoms with Gasteiger partial charge in [-0.25, -0.2) is 13.6 Å². The van der Waals surface area contributed by atoms with Crippen molar-refractivity contribution in [1.29, 1.82) is 0 Å². The van der Waals surface area contributed by atoms with Crippen molar-refractivity contribution in [1.82, 2.24) is 0 Å². The van der Waals surface area contributed by atoms with E-state index in [-0.39, 0.29) is 4.90 Å². The highest BCUT2D eigenvalue weighted by atomic mass is 32.2. The average molecular weight is 238 g/mol. The summed E-state index contributed by atoms with van der Waals surface area (Å²) < 4.78 is 22.5. The summed E-state index contributed by atoms with van der Waals surface area (Å²) >= 11 is 0. The Labute approximate surface area is 95.9 Å². The fraction of sp³-hybridized carbons (Fsp3) is 0.273. The second-order valence-electron chi connectivity index (χ2n) is 3.52. The normalized spacial score (nSPS) is 10.9. The van der Waals surface area contributed by atoms with Crippen molar-refractivity contribution in [2.45, 2.75) is 18.7 Å². The number of hydrogen-bond donors (Lipinski definition) is 2. The number of sulfonamides is 1. The first-order valence-corrected chi connectivity index (χ1v) is 6.22. The Morgan fingerprint density at radius 3 is 2.56 bits per heavy atom. The van der Waals surface area contributed by atoms with Crippen LogP contribution in [-0.2, 0) is 10.0 Å². The molecule has 0 bridgehead atoms. The zero-order valence-corrected chi connectivity index (χ0v) is 10.1. The highest BCUT2D eigenvalue weighted by Gasteiger charge is 2.11. The number of anilines is 1. The second kappa shape index (κ2) is 4.56. The zero-order chi connectivity index (χ0) is 12.3. The summed E-state index contributed by atoms with van der Waals surface area (Å²) in [4.78, 5) is 0.0927. The molecule has 0 aliphatic heterocycles. The first kappa shape index (κ1) is 12.6. The SMILES string of the molecule is C#CCNc1cc(S(N)(=O)=O)cc(C)c1C. The van der Waals surface area contributed by atoms with Gasteiger partial charge in [0.1, 0.15) is 0 Å². The van der Waals surface area contributed by atoms with Crippen molar-refractivity contribution >= 4 is 15.7 Å². The Balaban J connectivity index is 3.29. The van der Waals surface area contributed by atoms with Crippen molar-refractivity contribution in [3.8, 4) is 12.3 Å². The second-order valence-corrected chi connectivity index (χ2v) is 5.08. The number of hydrogen-bond acceptors (Lipinski definition) is 3. The molecule has 16 heavy (non-hydrogen) atoms. The molecule has 0 aliphatic rings. The van der Waals surface area contributed by atoms with Crippen molar-refractivity contribution in [2.24, 2.45) is 5.14 Å². The van der Waals surface area contributed by atoms with Crippen LogP contribution < -0.4 is 10.5 Å².